The fraction of sp³-hybridized carbons (Fsp3) is 0.500. The smallest absolute Gasteiger partial charge is 0.141 e. The highest BCUT2D eigenvalue weighted by Crippen LogP contribution is 2.38. The van der Waals surface area contributed by atoms with E-state index in [1.165, 1.54) is 35.9 Å². The maximum Gasteiger partial charge on any atom is 0.141 e. The van der Waals surface area contributed by atoms with Gasteiger partial charge in [0, 0.05) is 24.0 Å². The van der Waals surface area contributed by atoms with Crippen molar-refractivity contribution in [3.8, 4) is 0 Å². The summed E-state index contributed by atoms with van der Waals surface area (Å²) in [6, 6.07) is 0. The summed E-state index contributed by atoms with van der Waals surface area (Å²) in [6.45, 7) is 0.868. The van der Waals surface area contributed by atoms with E-state index in [2.05, 4.69) is 20.3 Å². The summed E-state index contributed by atoms with van der Waals surface area (Å²) in [4.78, 5) is 12.0. The van der Waals surface area contributed by atoms with E-state index in [1.807, 2.05) is 13.2 Å². The fourth-order valence-corrected chi connectivity index (χ4v) is 2.37. The monoisotopic (exact) mass is 216 g/mol. The van der Waals surface area contributed by atoms with Crippen molar-refractivity contribution in [3.63, 3.8) is 0 Å². The molecule has 2 heterocycles. The second kappa shape index (κ2) is 3.87. The third kappa shape index (κ3) is 1.41. The summed E-state index contributed by atoms with van der Waals surface area (Å²) in [6.07, 6.45) is 7.60. The number of fused-ring (bicyclic) bond motifs is 1. The number of H-pyrrole nitrogens is 1. The molecule has 84 valence electrons. The first kappa shape index (κ1) is 9.78. The lowest BCUT2D eigenvalue weighted by Gasteiger charge is -2.25. The average molecular weight is 216 g/mol. The molecule has 1 aliphatic carbocycles. The van der Waals surface area contributed by atoms with Crippen LogP contribution in [0.1, 0.15) is 36.4 Å². The zero-order valence-corrected chi connectivity index (χ0v) is 9.45. The van der Waals surface area contributed by atoms with Crippen LogP contribution in [-0.4, -0.2) is 22.0 Å². The van der Waals surface area contributed by atoms with Gasteiger partial charge in [-0.05, 0) is 25.5 Å². The zero-order chi connectivity index (χ0) is 11.0. The Hall–Kier alpha value is -1.42. The molecule has 0 atom stereocenters. The van der Waals surface area contributed by atoms with E-state index in [-0.39, 0.29) is 0 Å². The van der Waals surface area contributed by atoms with Gasteiger partial charge in [-0.15, -0.1) is 0 Å². The fourth-order valence-electron chi connectivity index (χ4n) is 2.37. The molecule has 0 radical (unpaired) electrons. The molecule has 2 aromatic rings. The highest BCUT2D eigenvalue weighted by Gasteiger charge is 2.24. The maximum atomic E-state index is 4.49. The molecule has 0 aliphatic heterocycles. The van der Waals surface area contributed by atoms with Gasteiger partial charge in [0.15, 0.2) is 0 Å². The first-order chi connectivity index (χ1) is 7.90. The minimum Gasteiger partial charge on any atom is -0.346 e. The number of aromatic nitrogens is 3. The van der Waals surface area contributed by atoms with Crippen LogP contribution < -0.4 is 5.32 Å². The van der Waals surface area contributed by atoms with Crippen molar-refractivity contribution in [1.82, 2.24) is 20.3 Å². The van der Waals surface area contributed by atoms with Gasteiger partial charge in [0.05, 0.1) is 5.69 Å². The van der Waals surface area contributed by atoms with E-state index in [4.69, 9.17) is 0 Å². The Morgan fingerprint density at radius 1 is 1.44 bits per heavy atom. The third-order valence-corrected chi connectivity index (χ3v) is 3.44. The molecule has 1 saturated carbocycles. The van der Waals surface area contributed by atoms with Crippen molar-refractivity contribution in [2.45, 2.75) is 31.7 Å². The molecule has 0 spiro atoms. The number of nitrogens with zero attached hydrogens (tertiary/aromatic N) is 2. The Labute approximate surface area is 94.5 Å². The van der Waals surface area contributed by atoms with Gasteiger partial charge in [0.1, 0.15) is 12.0 Å². The molecule has 0 bridgehead atoms. The van der Waals surface area contributed by atoms with Crippen LogP contribution in [-0.2, 0) is 6.54 Å². The number of hydrogen-bond donors (Lipinski definition) is 2. The molecule has 0 amide bonds. The summed E-state index contributed by atoms with van der Waals surface area (Å²) < 4.78 is 0. The first-order valence-corrected chi connectivity index (χ1v) is 5.85. The first-order valence-electron chi connectivity index (χ1n) is 5.85. The minimum absolute atomic E-state index is 0.650. The molecular weight excluding hydrogens is 200 g/mol. The lowest BCUT2D eigenvalue weighted by atomic mass is 9.81. The number of hydrogen-bond acceptors (Lipinski definition) is 3. The normalized spacial score (nSPS) is 16.6. The predicted octanol–water partition coefficient (Wildman–Crippen LogP) is 1.94. The van der Waals surface area contributed by atoms with Gasteiger partial charge < -0.3 is 10.3 Å². The summed E-state index contributed by atoms with van der Waals surface area (Å²) >= 11 is 0. The van der Waals surface area contributed by atoms with Crippen LogP contribution in [0, 0.1) is 0 Å². The van der Waals surface area contributed by atoms with Crippen LogP contribution in [0.25, 0.3) is 11.0 Å². The summed E-state index contributed by atoms with van der Waals surface area (Å²) in [5, 5.41) is 4.43. The highest BCUT2D eigenvalue weighted by atomic mass is 14.9. The highest BCUT2D eigenvalue weighted by molar-refractivity contribution is 5.82. The largest absolute Gasteiger partial charge is 0.346 e. The molecule has 4 heteroatoms. The maximum absolute atomic E-state index is 4.49. The molecule has 1 fully saturated rings. The molecule has 1 aliphatic rings. The van der Waals surface area contributed by atoms with Crippen LogP contribution in [0.15, 0.2) is 12.5 Å². The van der Waals surface area contributed by atoms with Crippen molar-refractivity contribution in [3.05, 3.63) is 23.8 Å². The molecule has 0 aromatic carbocycles. The zero-order valence-electron chi connectivity index (χ0n) is 9.45. The summed E-state index contributed by atoms with van der Waals surface area (Å²) in [7, 11) is 1.96. The standard InChI is InChI=1S/C12H16N4/c1-13-5-9-6-14-12-10(9)11(15-7-16-12)8-3-2-4-8/h6-8,13H,2-5H2,1H3,(H,14,15,16). The number of aromatic amines is 1. The molecule has 0 unspecified atom stereocenters. The van der Waals surface area contributed by atoms with E-state index in [0.717, 1.165) is 12.2 Å². The predicted molar refractivity (Wildman–Crippen MR) is 63.2 cm³/mol. The topological polar surface area (TPSA) is 53.6 Å². The summed E-state index contributed by atoms with van der Waals surface area (Å²) in [5.74, 6) is 0.650. The molecule has 2 aromatic heterocycles. The number of nitrogens with one attached hydrogen (secondary N) is 2. The van der Waals surface area contributed by atoms with E-state index in [9.17, 15) is 0 Å². The van der Waals surface area contributed by atoms with Gasteiger partial charge in [-0.25, -0.2) is 9.97 Å². The third-order valence-electron chi connectivity index (χ3n) is 3.44. The van der Waals surface area contributed by atoms with Crippen molar-refractivity contribution in [1.29, 1.82) is 0 Å². The van der Waals surface area contributed by atoms with Crippen LogP contribution in [0.5, 0.6) is 0 Å². The van der Waals surface area contributed by atoms with Gasteiger partial charge in [0.25, 0.3) is 0 Å². The van der Waals surface area contributed by atoms with Gasteiger partial charge in [-0.2, -0.15) is 0 Å². The second-order valence-corrected chi connectivity index (χ2v) is 4.45. The average Bonchev–Trinajstić information content (AvgIpc) is 2.61. The van der Waals surface area contributed by atoms with Gasteiger partial charge in [-0.1, -0.05) is 6.42 Å². The van der Waals surface area contributed by atoms with E-state index in [0.29, 0.717) is 5.92 Å². The Balaban J connectivity index is 2.14. The van der Waals surface area contributed by atoms with E-state index < -0.39 is 0 Å². The van der Waals surface area contributed by atoms with Crippen molar-refractivity contribution in [2.24, 2.45) is 0 Å². The Morgan fingerprint density at radius 2 is 2.31 bits per heavy atom. The number of rotatable bonds is 3. The lowest BCUT2D eigenvalue weighted by molar-refractivity contribution is 0.413. The Kier molecular flexibility index (Phi) is 2.36. The molecule has 3 rings (SSSR count). The molecule has 0 saturated heterocycles. The molecule has 2 N–H and O–H groups in total. The van der Waals surface area contributed by atoms with Crippen LogP contribution in [0.4, 0.5) is 0 Å². The van der Waals surface area contributed by atoms with Gasteiger partial charge >= 0.3 is 0 Å². The summed E-state index contributed by atoms with van der Waals surface area (Å²) in [5.41, 5.74) is 3.49. The van der Waals surface area contributed by atoms with Crippen molar-refractivity contribution >= 4 is 11.0 Å². The second-order valence-electron chi connectivity index (χ2n) is 4.45. The van der Waals surface area contributed by atoms with Gasteiger partial charge in [-0.3, -0.25) is 0 Å². The van der Waals surface area contributed by atoms with Crippen molar-refractivity contribution in [2.75, 3.05) is 7.05 Å². The quantitative estimate of drug-likeness (QED) is 0.824. The molecular formula is C12H16N4. The van der Waals surface area contributed by atoms with E-state index >= 15 is 0 Å². The molecule has 4 nitrogen and oxygen atoms in total. The lowest BCUT2D eigenvalue weighted by Crippen LogP contribution is -2.12. The SMILES string of the molecule is CNCc1c[nH]c2ncnc(C3CCC3)c12. The van der Waals surface area contributed by atoms with Crippen LogP contribution >= 0.6 is 0 Å². The van der Waals surface area contributed by atoms with Crippen LogP contribution in [0.2, 0.25) is 0 Å². The van der Waals surface area contributed by atoms with Crippen LogP contribution in [0.3, 0.4) is 0 Å². The Morgan fingerprint density at radius 3 is 3.00 bits per heavy atom. The van der Waals surface area contributed by atoms with E-state index in [1.54, 1.807) is 6.33 Å². The van der Waals surface area contributed by atoms with Gasteiger partial charge in [0.2, 0.25) is 0 Å². The minimum atomic E-state index is 0.650. The molecule has 16 heavy (non-hydrogen) atoms. The van der Waals surface area contributed by atoms with Crippen molar-refractivity contribution < 1.29 is 0 Å². The Bertz CT molecular complexity index is 499.